The van der Waals surface area contributed by atoms with Crippen LogP contribution in [-0.2, 0) is 14.4 Å². The van der Waals surface area contributed by atoms with Gasteiger partial charge in [0.15, 0.2) is 6.10 Å². The van der Waals surface area contributed by atoms with Crippen molar-refractivity contribution in [2.24, 2.45) is 5.92 Å². The number of hydroxylamine groups is 1. The number of para-hydroxylation sites is 2. The minimum atomic E-state index is -1.13. The first kappa shape index (κ1) is 22.9. The van der Waals surface area contributed by atoms with Crippen molar-refractivity contribution in [2.75, 3.05) is 9.96 Å². The molecule has 11 nitrogen and oxygen atoms in total. The zero-order chi connectivity index (χ0) is 25.4. The van der Waals surface area contributed by atoms with Gasteiger partial charge < -0.3 is 0 Å². The quantitative estimate of drug-likeness (QED) is 0.291. The molecular formula is C25H18N4O7. The Morgan fingerprint density at radius 3 is 2.11 bits per heavy atom. The molecule has 0 bridgehead atoms. The summed E-state index contributed by atoms with van der Waals surface area (Å²) in [5, 5.41) is 23.9. The molecule has 0 radical (unpaired) electrons. The molecule has 0 saturated carbocycles. The van der Waals surface area contributed by atoms with Crippen LogP contribution in [0.5, 0.6) is 0 Å². The maximum atomic E-state index is 13.5. The normalized spacial score (nSPS) is 21.3. The average Bonchev–Trinajstić information content (AvgIpc) is 3.38. The molecule has 3 aromatic carbocycles. The number of fused-ring (bicyclic) bond motifs is 1. The fraction of sp³-hybridized carbons (Fsp3) is 0.120. The maximum Gasteiger partial charge on any atom is 0.276 e. The summed E-state index contributed by atoms with van der Waals surface area (Å²) in [5.41, 5.74) is 0.863. The van der Waals surface area contributed by atoms with Gasteiger partial charge in [0.2, 0.25) is 5.91 Å². The number of anilines is 2. The third-order valence-corrected chi connectivity index (χ3v) is 6.10. The zero-order valence-electron chi connectivity index (χ0n) is 18.5. The molecule has 5 rings (SSSR count). The molecule has 2 heterocycles. The van der Waals surface area contributed by atoms with E-state index in [1.54, 1.807) is 48.5 Å². The van der Waals surface area contributed by atoms with Crippen molar-refractivity contribution in [3.63, 3.8) is 0 Å². The Balaban J connectivity index is 1.52. The van der Waals surface area contributed by atoms with Crippen LogP contribution in [0.1, 0.15) is 5.56 Å². The molecule has 2 saturated heterocycles. The second kappa shape index (κ2) is 9.04. The van der Waals surface area contributed by atoms with E-state index in [0.717, 1.165) is 4.90 Å². The average molecular weight is 486 g/mol. The Bertz CT molecular complexity index is 1390. The van der Waals surface area contributed by atoms with Gasteiger partial charge in [-0.1, -0.05) is 36.4 Å². The summed E-state index contributed by atoms with van der Waals surface area (Å²) in [6.45, 7) is 0. The van der Waals surface area contributed by atoms with E-state index in [2.05, 4.69) is 0 Å². The minimum Gasteiger partial charge on any atom is -0.273 e. The van der Waals surface area contributed by atoms with Gasteiger partial charge in [-0.05, 0) is 36.4 Å². The van der Waals surface area contributed by atoms with E-state index in [1.165, 1.54) is 41.5 Å². The van der Waals surface area contributed by atoms with Crippen molar-refractivity contribution >= 4 is 40.6 Å². The molecule has 3 aromatic rings. The molecule has 0 unspecified atom stereocenters. The number of carbonyl (C=O) groups excluding carboxylic acids is 2. The van der Waals surface area contributed by atoms with Gasteiger partial charge in [0.1, 0.15) is 5.92 Å². The number of nitrogens with zero attached hydrogens (tertiary/aromatic N) is 4. The van der Waals surface area contributed by atoms with Crippen LogP contribution in [0.15, 0.2) is 84.9 Å². The summed E-state index contributed by atoms with van der Waals surface area (Å²) in [5.74, 6) is -2.07. The fourth-order valence-electron chi connectivity index (χ4n) is 4.42. The van der Waals surface area contributed by atoms with Gasteiger partial charge in [-0.2, -0.15) is 0 Å². The third-order valence-electron chi connectivity index (χ3n) is 6.10. The Morgan fingerprint density at radius 1 is 0.778 bits per heavy atom. The van der Waals surface area contributed by atoms with Crippen LogP contribution in [0.4, 0.5) is 22.7 Å². The molecule has 180 valence electrons. The Morgan fingerprint density at radius 2 is 1.44 bits per heavy atom. The molecule has 2 amide bonds. The Labute approximate surface area is 204 Å². The van der Waals surface area contributed by atoms with Gasteiger partial charge in [-0.15, -0.1) is 0 Å². The molecule has 36 heavy (non-hydrogen) atoms. The van der Waals surface area contributed by atoms with E-state index in [-0.39, 0.29) is 17.1 Å². The van der Waals surface area contributed by atoms with Crippen LogP contribution >= 0.6 is 0 Å². The van der Waals surface area contributed by atoms with Crippen LogP contribution in [-0.4, -0.2) is 33.8 Å². The number of nitro groups is 2. The van der Waals surface area contributed by atoms with Crippen molar-refractivity contribution in [1.82, 2.24) is 0 Å². The van der Waals surface area contributed by atoms with Crippen LogP contribution in [0.3, 0.4) is 0 Å². The second-order valence-electron chi connectivity index (χ2n) is 8.16. The minimum absolute atomic E-state index is 0.100. The third kappa shape index (κ3) is 3.87. The number of hydrogen-bond donors (Lipinski definition) is 0. The number of non-ortho nitro benzene ring substituents is 1. The predicted molar refractivity (Wildman–Crippen MR) is 129 cm³/mol. The number of benzene rings is 3. The highest BCUT2D eigenvalue weighted by molar-refractivity contribution is 6.24. The number of carbonyl (C=O) groups is 2. The lowest BCUT2D eigenvalue weighted by Crippen LogP contribution is -2.39. The first-order chi connectivity index (χ1) is 17.4. The van der Waals surface area contributed by atoms with E-state index >= 15 is 0 Å². The van der Waals surface area contributed by atoms with Crippen molar-refractivity contribution in [1.29, 1.82) is 0 Å². The largest absolute Gasteiger partial charge is 0.276 e. The number of hydrogen-bond acceptors (Lipinski definition) is 8. The SMILES string of the molecule is O=C1[C@H]2[C@@H](/C=C/c3ccccc3[N+](=O)[O-])N(c3ccccc3)O[C@H]2C(=O)N1c1ccc([N+](=O)[O-])cc1. The smallest absolute Gasteiger partial charge is 0.273 e. The van der Waals surface area contributed by atoms with Crippen LogP contribution in [0.25, 0.3) is 6.08 Å². The summed E-state index contributed by atoms with van der Waals surface area (Å²) >= 11 is 0. The highest BCUT2D eigenvalue weighted by Crippen LogP contribution is 2.41. The van der Waals surface area contributed by atoms with Crippen molar-refractivity contribution in [3.8, 4) is 0 Å². The van der Waals surface area contributed by atoms with Crippen molar-refractivity contribution in [2.45, 2.75) is 12.1 Å². The number of rotatable bonds is 6. The summed E-state index contributed by atoms with van der Waals surface area (Å²) in [6.07, 6.45) is 2.02. The van der Waals surface area contributed by atoms with Crippen LogP contribution in [0.2, 0.25) is 0 Å². The van der Waals surface area contributed by atoms with Crippen LogP contribution in [0, 0.1) is 26.1 Å². The van der Waals surface area contributed by atoms with E-state index in [1.807, 2.05) is 6.07 Å². The highest BCUT2D eigenvalue weighted by atomic mass is 16.7. The molecule has 3 atom stereocenters. The summed E-state index contributed by atoms with van der Waals surface area (Å²) in [7, 11) is 0. The number of imide groups is 1. The first-order valence-corrected chi connectivity index (χ1v) is 10.9. The molecular weight excluding hydrogens is 468 g/mol. The van der Waals surface area contributed by atoms with Gasteiger partial charge >= 0.3 is 0 Å². The lowest BCUT2D eigenvalue weighted by Gasteiger charge is -2.26. The molecule has 0 aliphatic carbocycles. The lowest BCUT2D eigenvalue weighted by molar-refractivity contribution is -0.385. The molecule has 2 fully saturated rings. The molecule has 11 heteroatoms. The lowest BCUT2D eigenvalue weighted by atomic mass is 9.95. The van der Waals surface area contributed by atoms with Gasteiger partial charge in [0, 0.05) is 18.2 Å². The molecule has 0 aromatic heterocycles. The topological polar surface area (TPSA) is 136 Å². The van der Waals surface area contributed by atoms with E-state index in [4.69, 9.17) is 4.84 Å². The van der Waals surface area contributed by atoms with Gasteiger partial charge in [-0.3, -0.25) is 34.7 Å². The van der Waals surface area contributed by atoms with Gasteiger partial charge in [0.25, 0.3) is 17.3 Å². The van der Waals surface area contributed by atoms with Crippen LogP contribution < -0.4 is 9.96 Å². The monoisotopic (exact) mass is 486 g/mol. The summed E-state index contributed by atoms with van der Waals surface area (Å²) in [6, 6.07) is 19.4. The Hall–Kier alpha value is -4.90. The van der Waals surface area contributed by atoms with E-state index < -0.39 is 39.7 Å². The second-order valence-corrected chi connectivity index (χ2v) is 8.16. The van der Waals surface area contributed by atoms with E-state index in [9.17, 15) is 29.8 Å². The molecule has 0 N–H and O–H groups in total. The predicted octanol–water partition coefficient (Wildman–Crippen LogP) is 3.89. The Kier molecular flexibility index (Phi) is 5.74. The van der Waals surface area contributed by atoms with E-state index in [0.29, 0.717) is 11.3 Å². The standard InChI is InChI=1S/C25H18N4O7/c30-24-22-21(15-10-16-6-4-5-9-20(16)29(34)35)27(18-7-2-1-3-8-18)36-23(22)25(31)26(24)17-11-13-19(14-12-17)28(32)33/h1-15,21-23H/b15-10+/t21-,22+,23-/m1/s1. The van der Waals surface area contributed by atoms with Crippen molar-refractivity contribution in [3.05, 3.63) is 111 Å². The number of nitro benzene ring substituents is 2. The number of amides is 2. The molecule has 2 aliphatic rings. The van der Waals surface area contributed by atoms with Crippen molar-refractivity contribution < 1.29 is 24.3 Å². The summed E-state index contributed by atoms with van der Waals surface area (Å²) in [4.78, 5) is 55.1. The highest BCUT2D eigenvalue weighted by Gasteiger charge is 2.59. The molecule has 0 spiro atoms. The summed E-state index contributed by atoms with van der Waals surface area (Å²) < 4.78 is 0. The van der Waals surface area contributed by atoms with Gasteiger partial charge in [0.05, 0.1) is 32.8 Å². The zero-order valence-corrected chi connectivity index (χ0v) is 18.5. The first-order valence-electron chi connectivity index (χ1n) is 10.9. The van der Waals surface area contributed by atoms with Gasteiger partial charge in [-0.25, -0.2) is 9.96 Å². The molecule has 2 aliphatic heterocycles. The fourth-order valence-corrected chi connectivity index (χ4v) is 4.42. The maximum absolute atomic E-state index is 13.5.